The third kappa shape index (κ3) is 2.88. The fourth-order valence-electron chi connectivity index (χ4n) is 4.38. The van der Waals surface area contributed by atoms with Gasteiger partial charge in [-0.1, -0.05) is 50.7 Å². The summed E-state index contributed by atoms with van der Waals surface area (Å²) in [6.07, 6.45) is 2.87. The maximum atomic E-state index is 12.5. The number of amidine groups is 1. The molecule has 1 saturated carbocycles. The maximum Gasteiger partial charge on any atom is 0.225 e. The lowest BCUT2D eigenvalue weighted by Crippen LogP contribution is -2.55. The van der Waals surface area contributed by atoms with E-state index in [9.17, 15) is 4.79 Å². The van der Waals surface area contributed by atoms with E-state index in [1.165, 1.54) is 0 Å². The van der Waals surface area contributed by atoms with Crippen molar-refractivity contribution >= 4 is 22.8 Å². The number of para-hydroxylation sites is 1. The molecule has 1 aromatic carbocycles. The van der Waals surface area contributed by atoms with E-state index >= 15 is 0 Å². The van der Waals surface area contributed by atoms with Crippen LogP contribution < -0.4 is 15.8 Å². The zero-order valence-corrected chi connectivity index (χ0v) is 16.4. The first-order valence-corrected chi connectivity index (χ1v) is 10.3. The summed E-state index contributed by atoms with van der Waals surface area (Å²) in [5.74, 6) is 2.12. The van der Waals surface area contributed by atoms with Crippen LogP contribution in [0.3, 0.4) is 0 Å². The Balaban J connectivity index is 1.65. The summed E-state index contributed by atoms with van der Waals surface area (Å²) in [5.41, 5.74) is 6.52. The Kier molecular flexibility index (Phi) is 4.21. The van der Waals surface area contributed by atoms with Crippen LogP contribution in [0.5, 0.6) is 5.75 Å². The molecule has 2 heterocycles. The first kappa shape index (κ1) is 17.7. The number of hydrogen-bond donors (Lipinski definition) is 2. The normalized spacial score (nSPS) is 33.0. The van der Waals surface area contributed by atoms with Gasteiger partial charge in [0.05, 0.1) is 0 Å². The van der Waals surface area contributed by atoms with Gasteiger partial charge in [-0.2, -0.15) is 0 Å². The molecule has 4 atom stereocenters. The molecule has 1 spiro atoms. The van der Waals surface area contributed by atoms with Crippen LogP contribution in [-0.4, -0.2) is 29.0 Å². The Morgan fingerprint density at radius 3 is 2.81 bits per heavy atom. The smallest absolute Gasteiger partial charge is 0.225 e. The second-order valence-electron chi connectivity index (χ2n) is 8.66. The van der Waals surface area contributed by atoms with Crippen LogP contribution in [0.15, 0.2) is 29.3 Å². The van der Waals surface area contributed by atoms with Gasteiger partial charge < -0.3 is 15.8 Å². The Hall–Kier alpha value is -1.69. The SMILES string of the molecule is CC(C)(C)C(=O)NC1CCC2Oc3ccccc3C3(CSC(N)=N3)C2C1. The number of carbonyl (C=O) groups excluding carboxylic acids is 1. The number of nitrogens with zero attached hydrogens (tertiary/aromatic N) is 1. The fourth-order valence-corrected chi connectivity index (χ4v) is 5.41. The van der Waals surface area contributed by atoms with Crippen molar-refractivity contribution in [3.8, 4) is 5.75 Å². The van der Waals surface area contributed by atoms with Crippen LogP contribution in [-0.2, 0) is 10.3 Å². The number of thioether (sulfide) groups is 1. The van der Waals surface area contributed by atoms with Crippen LogP contribution in [0.25, 0.3) is 0 Å². The van der Waals surface area contributed by atoms with E-state index in [1.807, 2.05) is 39.0 Å². The van der Waals surface area contributed by atoms with Crippen LogP contribution >= 0.6 is 11.8 Å². The summed E-state index contributed by atoms with van der Waals surface area (Å²) in [4.78, 5) is 17.4. The lowest BCUT2D eigenvalue weighted by molar-refractivity contribution is -0.130. The van der Waals surface area contributed by atoms with E-state index < -0.39 is 0 Å². The molecule has 3 N–H and O–H groups in total. The average Bonchev–Trinajstić information content (AvgIpc) is 2.98. The number of nitrogens with two attached hydrogens (primary N) is 1. The minimum absolute atomic E-state index is 0.107. The van der Waals surface area contributed by atoms with E-state index in [1.54, 1.807) is 11.8 Å². The van der Waals surface area contributed by atoms with Crippen molar-refractivity contribution in [3.63, 3.8) is 0 Å². The fraction of sp³-hybridized carbons (Fsp3) is 0.600. The van der Waals surface area contributed by atoms with Gasteiger partial charge in [-0.3, -0.25) is 4.79 Å². The number of fused-ring (bicyclic) bond motifs is 4. The van der Waals surface area contributed by atoms with Gasteiger partial charge in [0.15, 0.2) is 5.17 Å². The van der Waals surface area contributed by atoms with Crippen LogP contribution in [0.1, 0.15) is 45.6 Å². The van der Waals surface area contributed by atoms with Gasteiger partial charge >= 0.3 is 0 Å². The summed E-state index contributed by atoms with van der Waals surface area (Å²) in [6.45, 7) is 5.86. The highest BCUT2D eigenvalue weighted by Gasteiger charge is 2.54. The van der Waals surface area contributed by atoms with E-state index in [2.05, 4.69) is 11.4 Å². The van der Waals surface area contributed by atoms with Crippen molar-refractivity contribution in [1.82, 2.24) is 5.32 Å². The van der Waals surface area contributed by atoms with Gasteiger partial charge in [0.2, 0.25) is 5.91 Å². The first-order chi connectivity index (χ1) is 12.3. The molecule has 2 aliphatic heterocycles. The zero-order valence-electron chi connectivity index (χ0n) is 15.6. The first-order valence-electron chi connectivity index (χ1n) is 9.35. The highest BCUT2D eigenvalue weighted by Crippen LogP contribution is 2.54. The molecule has 1 aromatic rings. The molecule has 1 aliphatic carbocycles. The molecule has 1 fully saturated rings. The number of aliphatic imine (C=N–C) groups is 1. The molecule has 5 nitrogen and oxygen atoms in total. The lowest BCUT2D eigenvalue weighted by atomic mass is 9.67. The molecule has 4 rings (SSSR count). The molecule has 4 unspecified atom stereocenters. The van der Waals surface area contributed by atoms with Crippen LogP contribution in [0.4, 0.5) is 0 Å². The second-order valence-corrected chi connectivity index (χ2v) is 9.65. The molecule has 3 aliphatic rings. The largest absolute Gasteiger partial charge is 0.490 e. The molecule has 0 saturated heterocycles. The Morgan fingerprint density at radius 1 is 1.35 bits per heavy atom. The van der Waals surface area contributed by atoms with Crippen LogP contribution in [0.2, 0.25) is 0 Å². The summed E-state index contributed by atoms with van der Waals surface area (Å²) in [5, 5.41) is 3.91. The van der Waals surface area contributed by atoms with E-state index in [-0.39, 0.29) is 34.9 Å². The van der Waals surface area contributed by atoms with Crippen molar-refractivity contribution in [3.05, 3.63) is 29.8 Å². The average molecular weight is 374 g/mol. The minimum atomic E-state index is -0.379. The van der Waals surface area contributed by atoms with Gasteiger partial charge in [-0.25, -0.2) is 4.99 Å². The minimum Gasteiger partial charge on any atom is -0.490 e. The summed E-state index contributed by atoms with van der Waals surface area (Å²) >= 11 is 1.63. The summed E-state index contributed by atoms with van der Waals surface area (Å²) in [7, 11) is 0. The zero-order chi connectivity index (χ0) is 18.5. The molecule has 140 valence electrons. The van der Waals surface area contributed by atoms with Crippen molar-refractivity contribution in [1.29, 1.82) is 0 Å². The number of carbonyl (C=O) groups is 1. The third-order valence-corrected chi connectivity index (χ3v) is 6.77. The number of amides is 1. The highest BCUT2D eigenvalue weighted by molar-refractivity contribution is 8.14. The molecule has 1 amide bonds. The van der Waals surface area contributed by atoms with Gasteiger partial charge in [-0.05, 0) is 25.3 Å². The highest BCUT2D eigenvalue weighted by atomic mass is 32.2. The Labute approximate surface area is 159 Å². The van der Waals surface area contributed by atoms with Crippen molar-refractivity contribution < 1.29 is 9.53 Å². The number of nitrogens with one attached hydrogen (secondary N) is 1. The third-order valence-electron chi connectivity index (χ3n) is 5.80. The molecule has 0 radical (unpaired) electrons. The van der Waals surface area contributed by atoms with E-state index in [4.69, 9.17) is 15.5 Å². The number of hydrogen-bond acceptors (Lipinski definition) is 5. The molecular formula is C20H27N3O2S. The van der Waals surface area contributed by atoms with Gasteiger partial charge in [-0.15, -0.1) is 0 Å². The Bertz CT molecular complexity index is 758. The summed E-state index contributed by atoms with van der Waals surface area (Å²) < 4.78 is 6.35. The van der Waals surface area contributed by atoms with Crippen molar-refractivity contribution in [2.75, 3.05) is 5.75 Å². The van der Waals surface area contributed by atoms with Gasteiger partial charge in [0.1, 0.15) is 17.4 Å². The van der Waals surface area contributed by atoms with Gasteiger partial charge in [0, 0.05) is 28.7 Å². The van der Waals surface area contributed by atoms with E-state index in [0.29, 0.717) is 5.17 Å². The van der Waals surface area contributed by atoms with Crippen LogP contribution in [0, 0.1) is 11.3 Å². The number of ether oxygens (including phenoxy) is 1. The monoisotopic (exact) mass is 373 g/mol. The topological polar surface area (TPSA) is 76.7 Å². The van der Waals surface area contributed by atoms with Crippen molar-refractivity contribution in [2.45, 2.75) is 57.7 Å². The standard InChI is InChI=1S/C20H27N3O2S/c1-19(2,3)17(24)22-12-8-9-16-14(10-12)20(11-26-18(21)23-20)13-6-4-5-7-15(13)25-16/h4-7,12,14,16H,8-11H2,1-3H3,(H2,21,23)(H,22,24). The summed E-state index contributed by atoms with van der Waals surface area (Å²) in [6, 6.07) is 8.37. The molecule has 26 heavy (non-hydrogen) atoms. The molecule has 0 bridgehead atoms. The second kappa shape index (κ2) is 6.19. The quantitative estimate of drug-likeness (QED) is 0.793. The Morgan fingerprint density at radius 2 is 2.12 bits per heavy atom. The van der Waals surface area contributed by atoms with Crippen molar-refractivity contribution in [2.24, 2.45) is 22.1 Å². The molecular weight excluding hydrogens is 346 g/mol. The molecule has 0 aromatic heterocycles. The maximum absolute atomic E-state index is 12.5. The lowest BCUT2D eigenvalue weighted by Gasteiger charge is -2.48. The molecule has 6 heteroatoms. The number of rotatable bonds is 1. The van der Waals surface area contributed by atoms with E-state index in [0.717, 1.165) is 36.3 Å². The van der Waals surface area contributed by atoms with Gasteiger partial charge in [0.25, 0.3) is 0 Å². The predicted molar refractivity (Wildman–Crippen MR) is 105 cm³/mol. The predicted octanol–water partition coefficient (Wildman–Crippen LogP) is 3.04. The number of benzene rings is 1.